The number of carboxylic acid groups (broad SMARTS) is 1. The zero-order chi connectivity index (χ0) is 35.0. The molecule has 6 rings (SSSR count). The number of carboxylic acids is 1. The second-order valence-electron chi connectivity index (χ2n) is 11.7. The van der Waals surface area contributed by atoms with Crippen molar-refractivity contribution in [2.24, 2.45) is 0 Å². The zero-order valence-corrected chi connectivity index (χ0v) is 29.5. The quantitative estimate of drug-likeness (QED) is 0.0868. The van der Waals surface area contributed by atoms with E-state index in [-0.39, 0.29) is 18.1 Å². The molecule has 0 aliphatic carbocycles. The van der Waals surface area contributed by atoms with Crippen LogP contribution in [0.5, 0.6) is 23.0 Å². The second-order valence-corrected chi connectivity index (χ2v) is 13.4. The highest BCUT2D eigenvalue weighted by Crippen LogP contribution is 2.37. The first kappa shape index (κ1) is 35.2. The van der Waals surface area contributed by atoms with Crippen LogP contribution in [0.4, 0.5) is 0 Å². The Morgan fingerprint density at radius 1 is 0.880 bits per heavy atom. The predicted octanol–water partition coefficient (Wildman–Crippen LogP) is 6.60. The van der Waals surface area contributed by atoms with Crippen molar-refractivity contribution >= 4 is 57.0 Å². The van der Waals surface area contributed by atoms with Crippen LogP contribution >= 0.6 is 24.0 Å². The lowest BCUT2D eigenvalue weighted by Gasteiger charge is -2.26. The summed E-state index contributed by atoms with van der Waals surface area (Å²) in [6, 6.07) is 22.7. The highest BCUT2D eigenvalue weighted by Gasteiger charge is 2.31. The second kappa shape index (κ2) is 16.4. The molecular weight excluding hydrogens is 677 g/mol. The van der Waals surface area contributed by atoms with Gasteiger partial charge in [0.2, 0.25) is 0 Å². The lowest BCUT2D eigenvalue weighted by molar-refractivity contribution is -0.122. The van der Waals surface area contributed by atoms with Crippen molar-refractivity contribution < 1.29 is 38.4 Å². The number of fused-ring (bicyclic) bond motifs is 1. The van der Waals surface area contributed by atoms with E-state index in [4.69, 9.17) is 35.9 Å². The molecule has 2 aliphatic heterocycles. The molecule has 50 heavy (non-hydrogen) atoms. The number of amides is 1. The molecule has 2 aliphatic rings. The van der Waals surface area contributed by atoms with Crippen molar-refractivity contribution in [3.63, 3.8) is 0 Å². The van der Waals surface area contributed by atoms with Gasteiger partial charge in [0.1, 0.15) is 22.4 Å². The van der Waals surface area contributed by atoms with Crippen LogP contribution in [0.2, 0.25) is 0 Å². The number of carbonyl (C=O) groups excluding carboxylic acids is 1. The summed E-state index contributed by atoms with van der Waals surface area (Å²) < 4.78 is 28.9. The number of rotatable bonds is 14. The van der Waals surface area contributed by atoms with Gasteiger partial charge in [0, 0.05) is 31.7 Å². The van der Waals surface area contributed by atoms with Crippen LogP contribution < -0.4 is 18.9 Å². The fraction of sp³-hybridized carbons (Fsp3) is 0.289. The third kappa shape index (κ3) is 8.39. The van der Waals surface area contributed by atoms with E-state index in [1.807, 2.05) is 36.4 Å². The molecule has 12 heteroatoms. The summed E-state index contributed by atoms with van der Waals surface area (Å²) in [6.07, 6.45) is 2.38. The Morgan fingerprint density at radius 2 is 1.64 bits per heavy atom. The average Bonchev–Trinajstić information content (AvgIpc) is 3.40. The fourth-order valence-electron chi connectivity index (χ4n) is 5.79. The molecule has 260 valence electrons. The van der Waals surface area contributed by atoms with Crippen molar-refractivity contribution in [3.8, 4) is 34.1 Å². The Kier molecular flexibility index (Phi) is 11.5. The lowest BCUT2D eigenvalue weighted by Crippen LogP contribution is -2.38. The predicted molar refractivity (Wildman–Crippen MR) is 199 cm³/mol. The molecule has 4 aromatic carbocycles. The van der Waals surface area contributed by atoms with E-state index in [0.29, 0.717) is 40.3 Å². The van der Waals surface area contributed by atoms with Crippen molar-refractivity contribution in [2.75, 3.05) is 66.8 Å². The molecule has 2 heterocycles. The monoisotopic (exact) mass is 714 g/mol. The third-order valence-electron chi connectivity index (χ3n) is 8.50. The number of morpholine rings is 1. The summed E-state index contributed by atoms with van der Waals surface area (Å²) in [6.45, 7) is 5.27. The Hall–Kier alpha value is -4.62. The van der Waals surface area contributed by atoms with E-state index in [1.54, 1.807) is 18.1 Å². The lowest BCUT2D eigenvalue weighted by atomic mass is 9.98. The molecule has 0 saturated carbocycles. The van der Waals surface area contributed by atoms with E-state index < -0.39 is 5.97 Å². The summed E-state index contributed by atoms with van der Waals surface area (Å²) in [7, 11) is 3.12. The maximum Gasteiger partial charge on any atom is 0.335 e. The van der Waals surface area contributed by atoms with Crippen LogP contribution in [0.15, 0.2) is 77.7 Å². The first-order chi connectivity index (χ1) is 24.3. The van der Waals surface area contributed by atoms with Gasteiger partial charge in [-0.25, -0.2) is 4.79 Å². The number of thiocarbonyl (C=S) groups is 1. The van der Waals surface area contributed by atoms with Gasteiger partial charge < -0.3 is 28.8 Å². The number of methoxy groups -OCH3 is 2. The summed E-state index contributed by atoms with van der Waals surface area (Å²) in [5, 5.41) is 11.4. The summed E-state index contributed by atoms with van der Waals surface area (Å²) in [4.78, 5) is 29.2. The number of hydrogen-bond donors (Lipinski definition) is 1. The fourth-order valence-corrected chi connectivity index (χ4v) is 7.09. The normalized spacial score (nSPS) is 15.9. The Labute approximate surface area is 300 Å². The number of thioether (sulfide) groups is 1. The summed E-state index contributed by atoms with van der Waals surface area (Å²) in [5.74, 6) is 1.12. The minimum absolute atomic E-state index is 0.106. The molecule has 0 spiro atoms. The minimum atomic E-state index is -1.05. The SMILES string of the molecule is COc1ccc2cc(-c3cc(C=C4SC(=S)N(CCCOc5ccc(C(=O)O)cc5OC)C4=O)ccc3OCCN3CCOCC3)ccc2c1. The van der Waals surface area contributed by atoms with E-state index >= 15 is 0 Å². The van der Waals surface area contributed by atoms with E-state index in [9.17, 15) is 14.7 Å². The highest BCUT2D eigenvalue weighted by atomic mass is 32.2. The van der Waals surface area contributed by atoms with Crippen LogP contribution in [0, 0.1) is 0 Å². The van der Waals surface area contributed by atoms with Crippen LogP contribution in [0.3, 0.4) is 0 Å². The number of aromatic carboxylic acids is 1. The van der Waals surface area contributed by atoms with Crippen LogP contribution in [0.25, 0.3) is 28.0 Å². The van der Waals surface area contributed by atoms with E-state index in [2.05, 4.69) is 29.2 Å². The number of carbonyl (C=O) groups is 2. The van der Waals surface area contributed by atoms with Gasteiger partial charge in [-0.1, -0.05) is 48.2 Å². The third-order valence-corrected chi connectivity index (χ3v) is 9.87. The molecular formula is C38H38N2O8S2. The molecule has 4 aromatic rings. The smallest absolute Gasteiger partial charge is 0.335 e. The summed E-state index contributed by atoms with van der Waals surface area (Å²) in [5.41, 5.74) is 2.89. The van der Waals surface area contributed by atoms with Gasteiger partial charge >= 0.3 is 5.97 Å². The summed E-state index contributed by atoms with van der Waals surface area (Å²) >= 11 is 6.87. The largest absolute Gasteiger partial charge is 0.497 e. The molecule has 0 radical (unpaired) electrons. The maximum absolute atomic E-state index is 13.5. The Morgan fingerprint density at radius 3 is 2.42 bits per heavy atom. The molecule has 1 N–H and O–H groups in total. The van der Waals surface area contributed by atoms with Gasteiger partial charge in [-0.05, 0) is 82.9 Å². The number of benzene rings is 4. The first-order valence-electron chi connectivity index (χ1n) is 16.3. The van der Waals surface area contributed by atoms with Crippen molar-refractivity contribution in [3.05, 3.63) is 88.8 Å². The van der Waals surface area contributed by atoms with Gasteiger partial charge in [0.15, 0.2) is 11.5 Å². The van der Waals surface area contributed by atoms with E-state index in [1.165, 1.54) is 31.0 Å². The number of hydrogen-bond acceptors (Lipinski definition) is 10. The van der Waals surface area contributed by atoms with Gasteiger partial charge in [-0.2, -0.15) is 0 Å². The molecule has 2 fully saturated rings. The van der Waals surface area contributed by atoms with Gasteiger partial charge in [0.05, 0.1) is 44.5 Å². The Bertz CT molecular complexity index is 1920. The van der Waals surface area contributed by atoms with Gasteiger partial charge in [0.25, 0.3) is 5.91 Å². The van der Waals surface area contributed by atoms with Gasteiger partial charge in [-0.3, -0.25) is 14.6 Å². The molecule has 10 nitrogen and oxygen atoms in total. The number of nitrogens with zero attached hydrogens (tertiary/aromatic N) is 2. The standard InChI is InChI=1S/C38H38N2O8S2/c1-44-30-9-7-26-22-28(6-5-27(26)23-30)31-20-25(4-10-32(31)48-19-15-39-13-17-46-18-14-39)21-35-36(41)40(38(49)50-35)12-3-16-47-33-11-8-29(37(42)43)24-34(33)45-2/h4-11,20-24H,3,12-19H2,1-2H3,(H,42,43). The highest BCUT2D eigenvalue weighted by molar-refractivity contribution is 8.26. The topological polar surface area (TPSA) is 107 Å². The molecule has 0 unspecified atom stereocenters. The van der Waals surface area contributed by atoms with E-state index in [0.717, 1.165) is 71.8 Å². The molecule has 0 atom stereocenters. The van der Waals surface area contributed by atoms with Crippen molar-refractivity contribution in [1.29, 1.82) is 0 Å². The molecule has 2 saturated heterocycles. The zero-order valence-electron chi connectivity index (χ0n) is 27.9. The first-order valence-corrected chi connectivity index (χ1v) is 17.5. The van der Waals surface area contributed by atoms with Crippen molar-refractivity contribution in [2.45, 2.75) is 6.42 Å². The maximum atomic E-state index is 13.5. The number of ether oxygens (including phenoxy) is 5. The van der Waals surface area contributed by atoms with Crippen LogP contribution in [-0.4, -0.2) is 97.9 Å². The average molecular weight is 715 g/mol. The van der Waals surface area contributed by atoms with Crippen LogP contribution in [0.1, 0.15) is 22.3 Å². The Balaban J connectivity index is 1.16. The van der Waals surface area contributed by atoms with Crippen molar-refractivity contribution in [1.82, 2.24) is 9.80 Å². The molecule has 1 amide bonds. The van der Waals surface area contributed by atoms with Crippen LogP contribution in [-0.2, 0) is 9.53 Å². The minimum Gasteiger partial charge on any atom is -0.497 e. The van der Waals surface area contributed by atoms with Gasteiger partial charge in [-0.15, -0.1) is 0 Å². The molecule has 0 aromatic heterocycles. The molecule has 0 bridgehead atoms.